The molecule has 0 spiro atoms. The van der Waals surface area contributed by atoms with Crippen LogP contribution in [0.15, 0.2) is 54.6 Å². The van der Waals surface area contributed by atoms with Gasteiger partial charge in [-0.1, -0.05) is 30.3 Å². The van der Waals surface area contributed by atoms with E-state index in [1.807, 2.05) is 30.3 Å². The molecule has 0 radical (unpaired) electrons. The Balaban J connectivity index is 1.75. The van der Waals surface area contributed by atoms with Gasteiger partial charge in [0.25, 0.3) is 5.91 Å². The number of carbonyl (C=O) groups excluding carboxylic acids is 1. The first kappa shape index (κ1) is 13.8. The standard InChI is InChI=1S/C17H17FN2O/c18-13-6-8-15(9-7-13)20-17(21)16(19-14-10-11-14)12-4-2-1-3-5-12/h1-9,14,16,19H,10-11H2,(H,20,21)/p+1/t16-/m0/s1. The lowest BCUT2D eigenvalue weighted by molar-refractivity contribution is -0.695. The second kappa shape index (κ2) is 6.06. The second-order valence-corrected chi connectivity index (χ2v) is 5.41. The fourth-order valence-corrected chi connectivity index (χ4v) is 2.32. The summed E-state index contributed by atoms with van der Waals surface area (Å²) in [7, 11) is 0. The summed E-state index contributed by atoms with van der Waals surface area (Å²) in [6, 6.07) is 15.9. The number of nitrogens with one attached hydrogen (secondary N) is 1. The summed E-state index contributed by atoms with van der Waals surface area (Å²) in [6.45, 7) is 0. The van der Waals surface area contributed by atoms with Crippen LogP contribution in [-0.2, 0) is 4.79 Å². The molecule has 108 valence electrons. The number of carbonyl (C=O) groups is 1. The van der Waals surface area contributed by atoms with E-state index in [0.29, 0.717) is 11.7 Å². The van der Waals surface area contributed by atoms with Crippen molar-refractivity contribution in [3.63, 3.8) is 0 Å². The van der Waals surface area contributed by atoms with E-state index in [9.17, 15) is 9.18 Å². The minimum atomic E-state index is -0.308. The molecule has 1 saturated carbocycles. The van der Waals surface area contributed by atoms with Crippen LogP contribution in [0.5, 0.6) is 0 Å². The molecule has 0 aromatic heterocycles. The van der Waals surface area contributed by atoms with Gasteiger partial charge in [0.05, 0.1) is 6.04 Å². The molecule has 1 aliphatic rings. The van der Waals surface area contributed by atoms with E-state index in [1.165, 1.54) is 12.1 Å². The van der Waals surface area contributed by atoms with Crippen molar-refractivity contribution in [3.8, 4) is 0 Å². The monoisotopic (exact) mass is 285 g/mol. The number of anilines is 1. The lowest BCUT2D eigenvalue weighted by Gasteiger charge is -2.15. The molecule has 1 amide bonds. The van der Waals surface area contributed by atoms with Crippen LogP contribution in [-0.4, -0.2) is 11.9 Å². The van der Waals surface area contributed by atoms with Crippen molar-refractivity contribution >= 4 is 11.6 Å². The first-order chi connectivity index (χ1) is 10.2. The van der Waals surface area contributed by atoms with Crippen molar-refractivity contribution in [3.05, 3.63) is 66.0 Å². The van der Waals surface area contributed by atoms with Crippen molar-refractivity contribution in [2.75, 3.05) is 5.32 Å². The molecule has 2 aromatic carbocycles. The summed E-state index contributed by atoms with van der Waals surface area (Å²) >= 11 is 0. The van der Waals surface area contributed by atoms with Crippen LogP contribution < -0.4 is 10.6 Å². The number of nitrogens with two attached hydrogens (primary N) is 1. The number of benzene rings is 2. The summed E-state index contributed by atoms with van der Waals surface area (Å²) in [6.07, 6.45) is 2.32. The first-order valence-electron chi connectivity index (χ1n) is 7.19. The molecule has 1 atom stereocenters. The minimum absolute atomic E-state index is 0.0697. The Morgan fingerprint density at radius 2 is 1.76 bits per heavy atom. The zero-order valence-corrected chi connectivity index (χ0v) is 11.6. The van der Waals surface area contributed by atoms with Crippen molar-refractivity contribution in [2.45, 2.75) is 24.9 Å². The van der Waals surface area contributed by atoms with Crippen LogP contribution in [0.3, 0.4) is 0 Å². The van der Waals surface area contributed by atoms with E-state index in [4.69, 9.17) is 0 Å². The first-order valence-corrected chi connectivity index (χ1v) is 7.19. The van der Waals surface area contributed by atoms with E-state index < -0.39 is 0 Å². The van der Waals surface area contributed by atoms with Gasteiger partial charge in [0.2, 0.25) is 0 Å². The summed E-state index contributed by atoms with van der Waals surface area (Å²) < 4.78 is 12.9. The zero-order chi connectivity index (χ0) is 14.7. The topological polar surface area (TPSA) is 45.7 Å². The number of hydrogen-bond donors (Lipinski definition) is 2. The van der Waals surface area contributed by atoms with E-state index in [2.05, 4.69) is 10.6 Å². The van der Waals surface area contributed by atoms with Gasteiger partial charge < -0.3 is 10.6 Å². The Hall–Kier alpha value is -2.20. The van der Waals surface area contributed by atoms with Gasteiger partial charge in [0.1, 0.15) is 5.82 Å². The summed E-state index contributed by atoms with van der Waals surface area (Å²) in [5, 5.41) is 4.98. The van der Waals surface area contributed by atoms with Crippen LogP contribution >= 0.6 is 0 Å². The van der Waals surface area contributed by atoms with Crippen molar-refractivity contribution in [2.24, 2.45) is 0 Å². The van der Waals surface area contributed by atoms with Gasteiger partial charge in [-0.05, 0) is 24.3 Å². The lowest BCUT2D eigenvalue weighted by atomic mass is 10.1. The molecule has 1 fully saturated rings. The van der Waals surface area contributed by atoms with E-state index >= 15 is 0 Å². The minimum Gasteiger partial charge on any atom is -0.330 e. The zero-order valence-electron chi connectivity index (χ0n) is 11.6. The molecule has 21 heavy (non-hydrogen) atoms. The Morgan fingerprint density at radius 1 is 1.10 bits per heavy atom. The van der Waals surface area contributed by atoms with Crippen molar-refractivity contribution < 1.29 is 14.5 Å². The Morgan fingerprint density at radius 3 is 2.38 bits per heavy atom. The molecule has 0 heterocycles. The number of rotatable bonds is 5. The summed E-state index contributed by atoms with van der Waals surface area (Å²) in [4.78, 5) is 12.5. The summed E-state index contributed by atoms with van der Waals surface area (Å²) in [5.41, 5.74) is 1.61. The molecular formula is C17H18FN2O+. The number of quaternary nitrogens is 1. The normalized spacial score (nSPS) is 15.5. The predicted octanol–water partition coefficient (Wildman–Crippen LogP) is 2.23. The van der Waals surface area contributed by atoms with Gasteiger partial charge in [-0.3, -0.25) is 4.79 Å². The lowest BCUT2D eigenvalue weighted by Crippen LogP contribution is -2.88. The molecule has 4 heteroatoms. The third kappa shape index (κ3) is 3.67. The SMILES string of the molecule is O=C(Nc1ccc(F)cc1)[C@@H]([NH2+]C1CC1)c1ccccc1. The molecule has 1 aliphatic carbocycles. The molecule has 3 nitrogen and oxygen atoms in total. The van der Waals surface area contributed by atoms with E-state index in [1.54, 1.807) is 12.1 Å². The number of amides is 1. The van der Waals surface area contributed by atoms with Gasteiger partial charge in [-0.25, -0.2) is 4.39 Å². The molecule has 3 rings (SSSR count). The van der Waals surface area contributed by atoms with Crippen LogP contribution in [0.4, 0.5) is 10.1 Å². The Labute approximate surface area is 123 Å². The maximum absolute atomic E-state index is 12.9. The second-order valence-electron chi connectivity index (χ2n) is 5.41. The molecular weight excluding hydrogens is 267 g/mol. The molecule has 3 N–H and O–H groups in total. The number of halogens is 1. The van der Waals surface area contributed by atoms with Crippen molar-refractivity contribution in [1.82, 2.24) is 0 Å². The third-order valence-electron chi connectivity index (χ3n) is 3.64. The van der Waals surface area contributed by atoms with Crippen LogP contribution in [0.25, 0.3) is 0 Å². The van der Waals surface area contributed by atoms with Crippen molar-refractivity contribution in [1.29, 1.82) is 0 Å². The van der Waals surface area contributed by atoms with E-state index in [-0.39, 0.29) is 17.8 Å². The fraction of sp³-hybridized carbons (Fsp3) is 0.235. The van der Waals surface area contributed by atoms with Crippen LogP contribution in [0.2, 0.25) is 0 Å². The average molecular weight is 285 g/mol. The Bertz CT molecular complexity index is 608. The van der Waals surface area contributed by atoms with Gasteiger partial charge in [0.15, 0.2) is 6.04 Å². The van der Waals surface area contributed by atoms with Gasteiger partial charge in [-0.15, -0.1) is 0 Å². The highest BCUT2D eigenvalue weighted by Gasteiger charge is 2.33. The molecule has 0 bridgehead atoms. The molecule has 2 aromatic rings. The highest BCUT2D eigenvalue weighted by Crippen LogP contribution is 2.19. The average Bonchev–Trinajstić information content (AvgIpc) is 3.32. The van der Waals surface area contributed by atoms with Gasteiger partial charge in [-0.2, -0.15) is 0 Å². The Kier molecular flexibility index (Phi) is 3.97. The highest BCUT2D eigenvalue weighted by molar-refractivity contribution is 5.94. The highest BCUT2D eigenvalue weighted by atomic mass is 19.1. The molecule has 0 aliphatic heterocycles. The fourth-order valence-electron chi connectivity index (χ4n) is 2.32. The molecule has 0 saturated heterocycles. The number of hydrogen-bond acceptors (Lipinski definition) is 1. The largest absolute Gasteiger partial charge is 0.330 e. The maximum Gasteiger partial charge on any atom is 0.287 e. The summed E-state index contributed by atoms with van der Waals surface area (Å²) in [5.74, 6) is -0.378. The van der Waals surface area contributed by atoms with Crippen LogP contribution in [0.1, 0.15) is 24.4 Å². The van der Waals surface area contributed by atoms with Gasteiger partial charge in [0, 0.05) is 24.1 Å². The molecule has 0 unspecified atom stereocenters. The quantitative estimate of drug-likeness (QED) is 0.869. The van der Waals surface area contributed by atoms with E-state index in [0.717, 1.165) is 18.4 Å². The maximum atomic E-state index is 12.9. The van der Waals surface area contributed by atoms with Gasteiger partial charge >= 0.3 is 0 Å². The predicted molar refractivity (Wildman–Crippen MR) is 79.2 cm³/mol. The smallest absolute Gasteiger partial charge is 0.287 e. The third-order valence-corrected chi connectivity index (χ3v) is 3.64. The van der Waals surface area contributed by atoms with Crippen LogP contribution in [0, 0.1) is 5.82 Å².